The molecule has 122 valence electrons. The third-order valence-electron chi connectivity index (χ3n) is 3.43. The van der Waals surface area contributed by atoms with E-state index in [1.807, 2.05) is 0 Å². The number of hydrogen-bond donors (Lipinski definition) is 1. The molecular formula is C16H18N2O3S2. The van der Waals surface area contributed by atoms with Gasteiger partial charge in [-0.3, -0.25) is 19.3 Å². The number of thiocarbonyl (C=S) groups is 1. The van der Waals surface area contributed by atoms with Gasteiger partial charge in [0, 0.05) is 24.2 Å². The van der Waals surface area contributed by atoms with E-state index in [0.717, 1.165) is 6.42 Å². The van der Waals surface area contributed by atoms with Gasteiger partial charge in [0.15, 0.2) is 5.78 Å². The maximum absolute atomic E-state index is 11.9. The molecule has 0 radical (unpaired) electrons. The minimum atomic E-state index is -0.101. The fourth-order valence-electron chi connectivity index (χ4n) is 2.19. The largest absolute Gasteiger partial charge is 0.326 e. The molecule has 1 N–H and O–H groups in total. The van der Waals surface area contributed by atoms with Crippen LogP contribution in [0.2, 0.25) is 0 Å². The number of unbranched alkanes of at least 4 members (excludes halogenated alkanes) is 1. The minimum Gasteiger partial charge on any atom is -0.326 e. The number of ketones is 1. The van der Waals surface area contributed by atoms with Crippen molar-refractivity contribution in [2.24, 2.45) is 0 Å². The summed E-state index contributed by atoms with van der Waals surface area (Å²) in [5.74, 6) is 0.331. The molecular weight excluding hydrogens is 332 g/mol. The van der Waals surface area contributed by atoms with Crippen LogP contribution in [0.25, 0.3) is 0 Å². The third-order valence-corrected chi connectivity index (χ3v) is 4.86. The van der Waals surface area contributed by atoms with Gasteiger partial charge in [0.2, 0.25) is 11.8 Å². The highest BCUT2D eigenvalue weighted by atomic mass is 32.2. The van der Waals surface area contributed by atoms with Gasteiger partial charge in [0.1, 0.15) is 4.32 Å². The molecule has 1 aromatic carbocycles. The molecule has 0 bridgehead atoms. The Kier molecular flexibility index (Phi) is 6.29. The number of amides is 2. The van der Waals surface area contributed by atoms with Crippen LogP contribution in [0.1, 0.15) is 36.5 Å². The van der Waals surface area contributed by atoms with Gasteiger partial charge in [0.25, 0.3) is 0 Å². The van der Waals surface area contributed by atoms with Crippen molar-refractivity contribution in [1.29, 1.82) is 0 Å². The summed E-state index contributed by atoms with van der Waals surface area (Å²) in [6, 6.07) is 6.87. The maximum atomic E-state index is 11.9. The van der Waals surface area contributed by atoms with Gasteiger partial charge in [-0.15, -0.1) is 0 Å². The lowest BCUT2D eigenvalue weighted by atomic mass is 10.1. The first-order chi connectivity index (χ1) is 11.0. The number of benzene rings is 1. The van der Waals surface area contributed by atoms with Gasteiger partial charge in [-0.1, -0.05) is 36.1 Å². The fourth-order valence-corrected chi connectivity index (χ4v) is 3.31. The summed E-state index contributed by atoms with van der Waals surface area (Å²) >= 11 is 6.48. The predicted octanol–water partition coefficient (Wildman–Crippen LogP) is 2.86. The lowest BCUT2D eigenvalue weighted by molar-refractivity contribution is -0.124. The molecule has 0 aliphatic carbocycles. The zero-order valence-electron chi connectivity index (χ0n) is 12.8. The van der Waals surface area contributed by atoms with Gasteiger partial charge < -0.3 is 5.32 Å². The normalized spacial score (nSPS) is 14.2. The number of rotatable bonds is 7. The first-order valence-corrected chi connectivity index (χ1v) is 8.75. The average molecular weight is 350 g/mol. The highest BCUT2D eigenvalue weighted by Gasteiger charge is 2.25. The van der Waals surface area contributed by atoms with Gasteiger partial charge in [-0.2, -0.15) is 0 Å². The Labute approximate surface area is 144 Å². The molecule has 1 aliphatic heterocycles. The van der Waals surface area contributed by atoms with Crippen LogP contribution in [0.3, 0.4) is 0 Å². The van der Waals surface area contributed by atoms with Crippen molar-refractivity contribution >= 4 is 51.6 Å². The summed E-state index contributed by atoms with van der Waals surface area (Å²) in [5, 5.41) is 2.78. The molecule has 1 aromatic rings. The van der Waals surface area contributed by atoms with Crippen molar-refractivity contribution in [3.63, 3.8) is 0 Å². The zero-order chi connectivity index (χ0) is 16.8. The summed E-state index contributed by atoms with van der Waals surface area (Å²) in [4.78, 5) is 36.4. The van der Waals surface area contributed by atoms with Gasteiger partial charge >= 0.3 is 0 Å². The Hall–Kier alpha value is -1.73. The summed E-state index contributed by atoms with van der Waals surface area (Å²) < 4.78 is 0.625. The second-order valence-electron chi connectivity index (χ2n) is 5.24. The number of thioether (sulfide) groups is 1. The molecule has 7 heteroatoms. The molecule has 2 amide bonds. The molecule has 5 nitrogen and oxygen atoms in total. The van der Waals surface area contributed by atoms with Crippen LogP contribution in [-0.2, 0) is 9.59 Å². The minimum absolute atomic E-state index is 0.0368. The van der Waals surface area contributed by atoms with Crippen LogP contribution in [0, 0.1) is 0 Å². The second-order valence-corrected chi connectivity index (χ2v) is 6.85. The molecule has 0 aromatic heterocycles. The Morgan fingerprint density at radius 3 is 2.78 bits per heavy atom. The number of hydrogen-bond acceptors (Lipinski definition) is 5. The van der Waals surface area contributed by atoms with E-state index in [-0.39, 0.29) is 17.6 Å². The average Bonchev–Trinajstić information content (AvgIpc) is 2.83. The topological polar surface area (TPSA) is 66.5 Å². The van der Waals surface area contributed by atoms with Gasteiger partial charge in [-0.05, 0) is 31.9 Å². The van der Waals surface area contributed by atoms with E-state index in [4.69, 9.17) is 12.2 Å². The smallest absolute Gasteiger partial charge is 0.238 e. The van der Waals surface area contributed by atoms with E-state index in [0.29, 0.717) is 40.7 Å². The quantitative estimate of drug-likeness (QED) is 0.465. The number of carbonyl (C=O) groups excluding carboxylic acids is 3. The molecule has 1 heterocycles. The molecule has 0 atom stereocenters. The van der Waals surface area contributed by atoms with Gasteiger partial charge in [-0.25, -0.2) is 0 Å². The van der Waals surface area contributed by atoms with Crippen LogP contribution in [0.15, 0.2) is 24.3 Å². The molecule has 1 aliphatic rings. The highest BCUT2D eigenvalue weighted by molar-refractivity contribution is 8.23. The second kappa shape index (κ2) is 8.21. The summed E-state index contributed by atoms with van der Waals surface area (Å²) in [6.45, 7) is 2.06. The number of anilines is 1. The SMILES string of the molecule is CC(=O)c1cccc(NC(=O)CCCCN2C(=O)CSC2=S)c1. The van der Waals surface area contributed by atoms with Crippen molar-refractivity contribution in [3.05, 3.63) is 29.8 Å². The molecule has 23 heavy (non-hydrogen) atoms. The van der Waals surface area contributed by atoms with E-state index in [1.54, 1.807) is 29.2 Å². The van der Waals surface area contributed by atoms with Crippen LogP contribution in [0.4, 0.5) is 5.69 Å². The number of carbonyl (C=O) groups is 3. The van der Waals surface area contributed by atoms with E-state index < -0.39 is 0 Å². The lowest BCUT2D eigenvalue weighted by Gasteiger charge is -2.14. The monoisotopic (exact) mass is 350 g/mol. The van der Waals surface area contributed by atoms with Crippen molar-refractivity contribution in [3.8, 4) is 0 Å². The number of nitrogens with zero attached hydrogens (tertiary/aromatic N) is 1. The van der Waals surface area contributed by atoms with Crippen molar-refractivity contribution in [1.82, 2.24) is 4.90 Å². The summed E-state index contributed by atoms with van der Waals surface area (Å²) in [7, 11) is 0. The van der Waals surface area contributed by atoms with Crippen molar-refractivity contribution in [2.45, 2.75) is 26.2 Å². The number of Topliss-reactive ketones (excluding diaryl/α,β-unsaturated/α-hetero) is 1. The van der Waals surface area contributed by atoms with E-state index in [9.17, 15) is 14.4 Å². The van der Waals surface area contributed by atoms with Crippen LogP contribution in [-0.4, -0.2) is 39.1 Å². The molecule has 0 spiro atoms. The van der Waals surface area contributed by atoms with Crippen molar-refractivity contribution in [2.75, 3.05) is 17.6 Å². The zero-order valence-corrected chi connectivity index (χ0v) is 14.5. The Balaban J connectivity index is 1.73. The molecule has 0 saturated carbocycles. The van der Waals surface area contributed by atoms with Gasteiger partial charge in [0.05, 0.1) is 5.75 Å². The Morgan fingerprint density at radius 2 is 2.13 bits per heavy atom. The van der Waals surface area contributed by atoms with Crippen LogP contribution < -0.4 is 5.32 Å². The first-order valence-electron chi connectivity index (χ1n) is 7.35. The Morgan fingerprint density at radius 1 is 1.35 bits per heavy atom. The van der Waals surface area contributed by atoms with Crippen LogP contribution in [0.5, 0.6) is 0 Å². The standard InChI is InChI=1S/C16H18N2O3S2/c1-11(19)12-5-4-6-13(9-12)17-14(20)7-2-3-8-18-15(21)10-23-16(18)22/h4-6,9H,2-3,7-8,10H2,1H3,(H,17,20). The van der Waals surface area contributed by atoms with Crippen molar-refractivity contribution < 1.29 is 14.4 Å². The molecule has 2 rings (SSSR count). The number of nitrogens with one attached hydrogen (secondary N) is 1. The summed E-state index contributed by atoms with van der Waals surface area (Å²) in [6.07, 6.45) is 1.77. The predicted molar refractivity (Wildman–Crippen MR) is 95.7 cm³/mol. The Bertz CT molecular complexity index is 630. The van der Waals surface area contributed by atoms with Crippen LogP contribution >= 0.6 is 24.0 Å². The molecule has 1 saturated heterocycles. The molecule has 1 fully saturated rings. The van der Waals surface area contributed by atoms with E-state index in [1.165, 1.54) is 18.7 Å². The summed E-state index contributed by atoms with van der Waals surface area (Å²) in [5.41, 5.74) is 1.19. The highest BCUT2D eigenvalue weighted by Crippen LogP contribution is 2.20. The lowest BCUT2D eigenvalue weighted by Crippen LogP contribution is -2.29. The van der Waals surface area contributed by atoms with E-state index in [2.05, 4.69) is 5.32 Å². The maximum Gasteiger partial charge on any atom is 0.238 e. The third kappa shape index (κ3) is 5.14. The first kappa shape index (κ1) is 17.6. The van der Waals surface area contributed by atoms with E-state index >= 15 is 0 Å². The molecule has 0 unspecified atom stereocenters. The fraction of sp³-hybridized carbons (Fsp3) is 0.375.